The molecule has 14 heavy (non-hydrogen) atoms. The van der Waals surface area contributed by atoms with Crippen molar-refractivity contribution in [1.29, 1.82) is 0 Å². The summed E-state index contributed by atoms with van der Waals surface area (Å²) in [4.78, 5) is 10.5. The van der Waals surface area contributed by atoms with Crippen LogP contribution in [0.1, 0.15) is 32.1 Å². The zero-order valence-corrected chi connectivity index (χ0v) is 8.24. The van der Waals surface area contributed by atoms with Crippen LogP contribution in [-0.2, 0) is 9.53 Å². The van der Waals surface area contributed by atoms with Crippen LogP contribution < -0.4 is 0 Å². The van der Waals surface area contributed by atoms with Gasteiger partial charge in [-0.3, -0.25) is 4.79 Å². The first-order chi connectivity index (χ1) is 6.72. The molecule has 0 radical (unpaired) electrons. The van der Waals surface area contributed by atoms with Gasteiger partial charge in [0.2, 0.25) is 0 Å². The first-order valence-corrected chi connectivity index (χ1v) is 4.99. The van der Waals surface area contributed by atoms with Crippen molar-refractivity contribution < 1.29 is 14.6 Å². The van der Waals surface area contributed by atoms with Gasteiger partial charge in [0, 0.05) is 6.42 Å². The zero-order chi connectivity index (χ0) is 10.4. The largest absolute Gasteiger partial charge is 0.481 e. The number of carboxylic acids is 1. The van der Waals surface area contributed by atoms with Crippen molar-refractivity contribution in [3.8, 4) is 12.3 Å². The van der Waals surface area contributed by atoms with Crippen molar-refractivity contribution in [1.82, 2.24) is 0 Å². The summed E-state index contributed by atoms with van der Waals surface area (Å²) in [6, 6.07) is 0. The Balaban J connectivity index is 2.18. The lowest BCUT2D eigenvalue weighted by atomic mass is 9.85. The molecular weight excluding hydrogens is 180 g/mol. The van der Waals surface area contributed by atoms with Crippen LogP contribution in [0.5, 0.6) is 0 Å². The summed E-state index contributed by atoms with van der Waals surface area (Å²) in [6.07, 6.45) is 9.41. The Morgan fingerprint density at radius 3 is 2.57 bits per heavy atom. The van der Waals surface area contributed by atoms with Gasteiger partial charge in [-0.25, -0.2) is 0 Å². The van der Waals surface area contributed by atoms with Crippen molar-refractivity contribution >= 4 is 5.97 Å². The summed E-state index contributed by atoms with van der Waals surface area (Å²) in [5.74, 6) is 2.08. The molecule has 3 nitrogen and oxygen atoms in total. The van der Waals surface area contributed by atoms with Crippen LogP contribution in [0.15, 0.2) is 0 Å². The van der Waals surface area contributed by atoms with Crippen molar-refractivity contribution in [2.75, 3.05) is 6.61 Å². The van der Waals surface area contributed by atoms with E-state index in [2.05, 4.69) is 5.92 Å². The number of carbonyl (C=O) groups is 1. The molecule has 1 saturated carbocycles. The van der Waals surface area contributed by atoms with Gasteiger partial charge in [0.15, 0.2) is 0 Å². The fraction of sp³-hybridized carbons (Fsp3) is 0.727. The van der Waals surface area contributed by atoms with E-state index in [1.807, 2.05) is 0 Å². The SMILES string of the molecule is C#CCOC1CCC(CC(=O)O)CC1. The Bertz CT molecular complexity index is 221. The Kier molecular flexibility index (Phi) is 4.48. The topological polar surface area (TPSA) is 46.5 Å². The highest BCUT2D eigenvalue weighted by Gasteiger charge is 2.22. The van der Waals surface area contributed by atoms with E-state index in [1.54, 1.807) is 0 Å². The minimum absolute atomic E-state index is 0.246. The van der Waals surface area contributed by atoms with Crippen LogP contribution in [0.25, 0.3) is 0 Å². The first kappa shape index (κ1) is 11.1. The number of terminal acetylenes is 1. The van der Waals surface area contributed by atoms with Crippen molar-refractivity contribution in [2.45, 2.75) is 38.2 Å². The monoisotopic (exact) mass is 196 g/mol. The number of hydrogen-bond acceptors (Lipinski definition) is 2. The fourth-order valence-corrected chi connectivity index (χ4v) is 1.92. The molecular formula is C11H16O3. The molecule has 1 N–H and O–H groups in total. The predicted octanol–water partition coefficient (Wildman–Crippen LogP) is 1.67. The molecule has 1 fully saturated rings. The number of aliphatic carboxylic acids is 1. The van der Waals surface area contributed by atoms with Gasteiger partial charge in [0.05, 0.1) is 6.10 Å². The third kappa shape index (κ3) is 3.80. The lowest BCUT2D eigenvalue weighted by Gasteiger charge is -2.26. The highest BCUT2D eigenvalue weighted by molar-refractivity contribution is 5.67. The van der Waals surface area contributed by atoms with Crippen LogP contribution in [-0.4, -0.2) is 23.8 Å². The molecule has 0 aliphatic heterocycles. The fourth-order valence-electron chi connectivity index (χ4n) is 1.92. The second-order valence-electron chi connectivity index (χ2n) is 3.76. The van der Waals surface area contributed by atoms with Gasteiger partial charge >= 0.3 is 5.97 Å². The Morgan fingerprint density at radius 2 is 2.07 bits per heavy atom. The summed E-state index contributed by atoms with van der Waals surface area (Å²) in [7, 11) is 0. The molecule has 0 amide bonds. The quantitative estimate of drug-likeness (QED) is 0.696. The second-order valence-corrected chi connectivity index (χ2v) is 3.76. The normalized spacial score (nSPS) is 26.8. The summed E-state index contributed by atoms with van der Waals surface area (Å²) >= 11 is 0. The molecule has 0 aromatic rings. The highest BCUT2D eigenvalue weighted by atomic mass is 16.5. The molecule has 3 heteroatoms. The summed E-state index contributed by atoms with van der Waals surface area (Å²) < 4.78 is 5.40. The van der Waals surface area contributed by atoms with Crippen LogP contribution in [0, 0.1) is 18.3 Å². The van der Waals surface area contributed by atoms with E-state index in [9.17, 15) is 4.79 Å². The second kappa shape index (κ2) is 5.66. The molecule has 0 atom stereocenters. The van der Waals surface area contributed by atoms with E-state index in [1.165, 1.54) is 0 Å². The standard InChI is InChI=1S/C11H16O3/c1-2-7-14-10-5-3-9(4-6-10)8-11(12)13/h1,9-10H,3-8H2,(H,12,13). The van der Waals surface area contributed by atoms with Gasteiger partial charge in [-0.05, 0) is 31.6 Å². The molecule has 1 aliphatic carbocycles. The third-order valence-corrected chi connectivity index (χ3v) is 2.66. The van der Waals surface area contributed by atoms with Crippen molar-refractivity contribution in [2.24, 2.45) is 5.92 Å². The molecule has 0 bridgehead atoms. The van der Waals surface area contributed by atoms with E-state index in [4.69, 9.17) is 16.3 Å². The number of ether oxygens (including phenoxy) is 1. The molecule has 1 aliphatic rings. The maximum atomic E-state index is 10.5. The van der Waals surface area contributed by atoms with Gasteiger partial charge < -0.3 is 9.84 Å². The van der Waals surface area contributed by atoms with Gasteiger partial charge in [0.25, 0.3) is 0 Å². The number of rotatable bonds is 4. The molecule has 1 rings (SSSR count). The summed E-state index contributed by atoms with van der Waals surface area (Å²) in [6.45, 7) is 0.369. The van der Waals surface area contributed by atoms with Crippen LogP contribution in [0.4, 0.5) is 0 Å². The molecule has 0 saturated heterocycles. The molecule has 0 heterocycles. The minimum atomic E-state index is -0.696. The maximum Gasteiger partial charge on any atom is 0.303 e. The van der Waals surface area contributed by atoms with Gasteiger partial charge in [-0.15, -0.1) is 6.42 Å². The third-order valence-electron chi connectivity index (χ3n) is 2.66. The smallest absolute Gasteiger partial charge is 0.303 e. The molecule has 0 aromatic heterocycles. The predicted molar refractivity (Wildman–Crippen MR) is 52.8 cm³/mol. The van der Waals surface area contributed by atoms with E-state index in [-0.39, 0.29) is 6.10 Å². The van der Waals surface area contributed by atoms with E-state index in [0.717, 1.165) is 25.7 Å². The Labute approximate surface area is 84.5 Å². The first-order valence-electron chi connectivity index (χ1n) is 4.99. The number of hydrogen-bond donors (Lipinski definition) is 1. The van der Waals surface area contributed by atoms with E-state index < -0.39 is 5.97 Å². The zero-order valence-electron chi connectivity index (χ0n) is 8.24. The molecule has 0 unspecified atom stereocenters. The maximum absolute atomic E-state index is 10.5. The molecule has 0 aromatic carbocycles. The van der Waals surface area contributed by atoms with Gasteiger partial charge in [-0.1, -0.05) is 5.92 Å². The molecule has 78 valence electrons. The van der Waals surface area contributed by atoms with Crippen LogP contribution >= 0.6 is 0 Å². The average Bonchev–Trinajstić information content (AvgIpc) is 2.16. The average molecular weight is 196 g/mol. The van der Waals surface area contributed by atoms with Gasteiger partial charge in [-0.2, -0.15) is 0 Å². The Morgan fingerprint density at radius 1 is 1.43 bits per heavy atom. The minimum Gasteiger partial charge on any atom is -0.481 e. The van der Waals surface area contributed by atoms with E-state index >= 15 is 0 Å². The van der Waals surface area contributed by atoms with Crippen molar-refractivity contribution in [3.05, 3.63) is 0 Å². The Hall–Kier alpha value is -1.01. The van der Waals surface area contributed by atoms with Crippen LogP contribution in [0.3, 0.4) is 0 Å². The summed E-state index contributed by atoms with van der Waals surface area (Å²) in [5.41, 5.74) is 0. The molecule has 0 spiro atoms. The van der Waals surface area contributed by atoms with Crippen LogP contribution in [0.2, 0.25) is 0 Å². The summed E-state index contributed by atoms with van der Waals surface area (Å²) in [5, 5.41) is 8.62. The van der Waals surface area contributed by atoms with Crippen molar-refractivity contribution in [3.63, 3.8) is 0 Å². The lowest BCUT2D eigenvalue weighted by molar-refractivity contribution is -0.138. The van der Waals surface area contributed by atoms with E-state index in [0.29, 0.717) is 18.9 Å². The van der Waals surface area contributed by atoms with Gasteiger partial charge in [0.1, 0.15) is 6.61 Å². The number of carboxylic acid groups (broad SMARTS) is 1. The lowest BCUT2D eigenvalue weighted by Crippen LogP contribution is -2.23. The highest BCUT2D eigenvalue weighted by Crippen LogP contribution is 2.28.